The first-order valence-electron chi connectivity index (χ1n) is 7.18. The van der Waals surface area contributed by atoms with Crippen LogP contribution in [0.15, 0.2) is 36.5 Å². The third-order valence-corrected chi connectivity index (χ3v) is 3.59. The number of carboxylic acids is 1. The van der Waals surface area contributed by atoms with Gasteiger partial charge in [0.1, 0.15) is 18.4 Å². The molecule has 0 aliphatic carbocycles. The van der Waals surface area contributed by atoms with E-state index in [1.54, 1.807) is 0 Å². The summed E-state index contributed by atoms with van der Waals surface area (Å²) in [6, 6.07) is 8.99. The van der Waals surface area contributed by atoms with E-state index in [-0.39, 0.29) is 25.2 Å². The molecule has 3 rings (SSSR count). The molecule has 0 amide bonds. The summed E-state index contributed by atoms with van der Waals surface area (Å²) in [5, 5.41) is 9.87. The summed E-state index contributed by atoms with van der Waals surface area (Å²) < 4.78 is 4.65. The molecule has 7 heteroatoms. The first-order valence-corrected chi connectivity index (χ1v) is 7.18. The quantitative estimate of drug-likeness (QED) is 0.712. The number of aromatic amines is 1. The van der Waals surface area contributed by atoms with Crippen molar-refractivity contribution in [3.05, 3.63) is 36.5 Å². The predicted octanol–water partition coefficient (Wildman–Crippen LogP) is 1.09. The highest BCUT2D eigenvalue weighted by Crippen LogP contribution is 2.14. The molecule has 0 bridgehead atoms. The minimum absolute atomic E-state index is 0.00166. The number of nitrogens with two attached hydrogens (primary N) is 1. The Labute approximate surface area is 132 Å². The smallest absolute Gasteiger partial charge is 0.321 e. The number of hydrogen-bond donors (Lipinski definition) is 3. The van der Waals surface area contributed by atoms with Crippen molar-refractivity contribution in [1.29, 1.82) is 0 Å². The summed E-state index contributed by atoms with van der Waals surface area (Å²) in [4.78, 5) is 35.8. The molecule has 4 N–H and O–H groups in total. The third kappa shape index (κ3) is 4.40. The van der Waals surface area contributed by atoms with Crippen molar-refractivity contribution in [1.82, 2.24) is 4.98 Å². The summed E-state index contributed by atoms with van der Waals surface area (Å²) in [5.74, 6) is -3.00. The zero-order chi connectivity index (χ0) is 16.8. The van der Waals surface area contributed by atoms with Crippen molar-refractivity contribution in [2.45, 2.75) is 18.9 Å². The summed E-state index contributed by atoms with van der Waals surface area (Å²) in [6.07, 6.45) is 1.96. The Hall–Kier alpha value is -2.67. The molecule has 7 nitrogen and oxygen atoms in total. The van der Waals surface area contributed by atoms with Crippen molar-refractivity contribution in [2.24, 2.45) is 11.7 Å². The zero-order valence-corrected chi connectivity index (χ0v) is 12.4. The van der Waals surface area contributed by atoms with E-state index in [0.29, 0.717) is 0 Å². The van der Waals surface area contributed by atoms with Crippen LogP contribution in [0.5, 0.6) is 0 Å². The van der Waals surface area contributed by atoms with Crippen molar-refractivity contribution in [3.8, 4) is 0 Å². The lowest BCUT2D eigenvalue weighted by Crippen LogP contribution is -2.43. The van der Waals surface area contributed by atoms with Crippen LogP contribution in [0.1, 0.15) is 12.8 Å². The van der Waals surface area contributed by atoms with Crippen LogP contribution in [0.2, 0.25) is 0 Å². The van der Waals surface area contributed by atoms with Gasteiger partial charge in [0.25, 0.3) is 0 Å². The number of carbonyl (C=O) groups is 3. The lowest BCUT2D eigenvalue weighted by atomic mass is 9.94. The number of ether oxygens (including phenoxy) is 1. The molecular weight excluding hydrogens is 300 g/mol. The van der Waals surface area contributed by atoms with Gasteiger partial charge in [0.15, 0.2) is 0 Å². The molecule has 1 saturated heterocycles. The first-order chi connectivity index (χ1) is 11.0. The average molecular weight is 318 g/mol. The number of H-pyrrole nitrogens is 1. The maximum Gasteiger partial charge on any atom is 0.321 e. The maximum atomic E-state index is 11.3. The Bertz CT molecular complexity index is 679. The SMILES string of the molecule is N[C@@H](C(=O)O)C1COC(=O)CCC1=O.c1ccc2[nH]ccc2c1. The number of Topliss-reactive ketones (excluding diaryl/α,β-unsaturated/α-hetero) is 1. The van der Waals surface area contributed by atoms with Gasteiger partial charge in [-0.25, -0.2) is 0 Å². The van der Waals surface area contributed by atoms with E-state index in [0.717, 1.165) is 0 Å². The number of hydrogen-bond acceptors (Lipinski definition) is 5. The highest BCUT2D eigenvalue weighted by molar-refractivity contribution is 5.91. The van der Waals surface area contributed by atoms with E-state index in [2.05, 4.69) is 27.9 Å². The molecule has 1 aliphatic rings. The number of carbonyl (C=O) groups excluding carboxylic acids is 2. The second kappa shape index (κ2) is 7.55. The van der Waals surface area contributed by atoms with Crippen molar-refractivity contribution in [3.63, 3.8) is 0 Å². The van der Waals surface area contributed by atoms with E-state index < -0.39 is 23.9 Å². The second-order valence-electron chi connectivity index (χ2n) is 5.18. The number of esters is 1. The molecule has 1 aromatic heterocycles. The van der Waals surface area contributed by atoms with E-state index in [1.807, 2.05) is 18.3 Å². The highest BCUT2D eigenvalue weighted by Gasteiger charge is 2.33. The Morgan fingerprint density at radius 2 is 2.00 bits per heavy atom. The molecule has 1 aromatic carbocycles. The molecule has 2 aromatic rings. The van der Waals surface area contributed by atoms with E-state index in [1.165, 1.54) is 10.9 Å². The molecular formula is C16H18N2O5. The predicted molar refractivity (Wildman–Crippen MR) is 82.6 cm³/mol. The number of ketones is 1. The van der Waals surface area contributed by atoms with Crippen molar-refractivity contribution < 1.29 is 24.2 Å². The minimum atomic E-state index is -1.30. The molecule has 2 heterocycles. The third-order valence-electron chi connectivity index (χ3n) is 3.59. The van der Waals surface area contributed by atoms with Gasteiger partial charge in [-0.05, 0) is 17.5 Å². The minimum Gasteiger partial charge on any atom is -0.480 e. The van der Waals surface area contributed by atoms with Gasteiger partial charge < -0.3 is 20.6 Å². The van der Waals surface area contributed by atoms with Gasteiger partial charge in [0, 0.05) is 18.1 Å². The summed E-state index contributed by atoms with van der Waals surface area (Å²) in [7, 11) is 0. The first kappa shape index (κ1) is 16.7. The topological polar surface area (TPSA) is 122 Å². The number of rotatable bonds is 2. The van der Waals surface area contributed by atoms with Crippen LogP contribution in [0.3, 0.4) is 0 Å². The molecule has 1 aliphatic heterocycles. The standard InChI is InChI=1S/C8H11NO5.C8H7N/c9-7(8(12)13)4-3-14-6(11)2-1-5(4)10;1-2-4-8-7(3-1)5-6-9-8/h4,7H,1-3,9H2,(H,12,13);1-6,9H/t4?,7-;/m1./s1. The van der Waals surface area contributed by atoms with Crippen LogP contribution in [-0.2, 0) is 19.1 Å². The van der Waals surface area contributed by atoms with Gasteiger partial charge in [-0.1, -0.05) is 18.2 Å². The van der Waals surface area contributed by atoms with E-state index in [9.17, 15) is 14.4 Å². The fraction of sp³-hybridized carbons (Fsp3) is 0.312. The van der Waals surface area contributed by atoms with Crippen LogP contribution in [-0.4, -0.2) is 40.5 Å². The van der Waals surface area contributed by atoms with Crippen LogP contribution >= 0.6 is 0 Å². The molecule has 0 radical (unpaired) electrons. The van der Waals surface area contributed by atoms with Crippen LogP contribution < -0.4 is 5.73 Å². The number of aliphatic carboxylic acids is 1. The zero-order valence-electron chi connectivity index (χ0n) is 12.4. The van der Waals surface area contributed by atoms with E-state index >= 15 is 0 Å². The number of nitrogens with one attached hydrogen (secondary N) is 1. The largest absolute Gasteiger partial charge is 0.480 e. The number of fused-ring (bicyclic) bond motifs is 1. The Morgan fingerprint density at radius 3 is 2.70 bits per heavy atom. The molecule has 23 heavy (non-hydrogen) atoms. The fourth-order valence-corrected chi connectivity index (χ4v) is 2.23. The highest BCUT2D eigenvalue weighted by atomic mass is 16.5. The van der Waals surface area contributed by atoms with Gasteiger partial charge in [-0.3, -0.25) is 14.4 Å². The summed E-state index contributed by atoms with van der Waals surface area (Å²) in [6.45, 7) is -0.231. The van der Waals surface area contributed by atoms with Crippen LogP contribution in [0, 0.1) is 5.92 Å². The molecule has 2 atom stereocenters. The maximum absolute atomic E-state index is 11.3. The number of carboxylic acid groups (broad SMARTS) is 1. The number of benzene rings is 1. The van der Waals surface area contributed by atoms with Crippen LogP contribution in [0.25, 0.3) is 10.9 Å². The fourth-order valence-electron chi connectivity index (χ4n) is 2.23. The number of para-hydroxylation sites is 1. The lowest BCUT2D eigenvalue weighted by Gasteiger charge is -2.15. The Balaban J connectivity index is 0.000000182. The van der Waals surface area contributed by atoms with Crippen LogP contribution in [0.4, 0.5) is 0 Å². The molecule has 1 fully saturated rings. The van der Waals surface area contributed by atoms with Gasteiger partial charge in [-0.15, -0.1) is 0 Å². The molecule has 122 valence electrons. The average Bonchev–Trinajstić information content (AvgIpc) is 2.95. The van der Waals surface area contributed by atoms with Gasteiger partial charge in [0.2, 0.25) is 0 Å². The molecule has 0 spiro atoms. The number of cyclic esters (lactones) is 1. The molecule has 0 saturated carbocycles. The summed E-state index contributed by atoms with van der Waals surface area (Å²) in [5.41, 5.74) is 6.49. The monoisotopic (exact) mass is 318 g/mol. The van der Waals surface area contributed by atoms with Gasteiger partial charge in [-0.2, -0.15) is 0 Å². The van der Waals surface area contributed by atoms with Gasteiger partial charge >= 0.3 is 11.9 Å². The Morgan fingerprint density at radius 1 is 1.26 bits per heavy atom. The second-order valence-corrected chi connectivity index (χ2v) is 5.18. The lowest BCUT2D eigenvalue weighted by molar-refractivity contribution is -0.147. The Kier molecular flexibility index (Phi) is 5.48. The normalized spacial score (nSPS) is 19.3. The number of aromatic nitrogens is 1. The van der Waals surface area contributed by atoms with Crippen molar-refractivity contribution in [2.75, 3.05) is 6.61 Å². The van der Waals surface area contributed by atoms with Crippen molar-refractivity contribution >= 4 is 28.6 Å². The summed E-state index contributed by atoms with van der Waals surface area (Å²) >= 11 is 0. The molecule has 1 unspecified atom stereocenters. The van der Waals surface area contributed by atoms with Gasteiger partial charge in [0.05, 0.1) is 12.3 Å². The van der Waals surface area contributed by atoms with E-state index in [4.69, 9.17) is 10.8 Å².